The van der Waals surface area contributed by atoms with Crippen LogP contribution in [0.15, 0.2) is 10.9 Å². The first-order valence-electron chi connectivity index (χ1n) is 6.83. The lowest BCUT2D eigenvalue weighted by Gasteiger charge is -2.20. The Hall–Kier alpha value is -2.19. The summed E-state index contributed by atoms with van der Waals surface area (Å²) in [6.07, 6.45) is -4.88. The molecule has 1 rings (SSSR count). The number of alkyl halides is 3. The third-order valence-electron chi connectivity index (χ3n) is 3.05. The molecule has 0 aliphatic rings. The van der Waals surface area contributed by atoms with Crippen LogP contribution in [0.3, 0.4) is 0 Å². The summed E-state index contributed by atoms with van der Waals surface area (Å²) in [4.78, 5) is 34.5. The van der Waals surface area contributed by atoms with Crippen LogP contribution in [-0.2, 0) is 26.9 Å². The average Bonchev–Trinajstić information content (AvgIpc) is 2.44. The van der Waals surface area contributed by atoms with Crippen LogP contribution in [0.5, 0.6) is 0 Å². The summed E-state index contributed by atoms with van der Waals surface area (Å²) in [6, 6.07) is -0.767. The summed E-state index contributed by atoms with van der Waals surface area (Å²) in [5.74, 6) is -0.971. The molecule has 0 aliphatic carbocycles. The van der Waals surface area contributed by atoms with Crippen molar-refractivity contribution in [1.29, 1.82) is 0 Å². The zero-order valence-corrected chi connectivity index (χ0v) is 12.9. The number of methoxy groups -OCH3 is 1. The van der Waals surface area contributed by atoms with Gasteiger partial charge in [-0.25, -0.2) is 9.48 Å². The molecule has 23 heavy (non-hydrogen) atoms. The highest BCUT2D eigenvalue weighted by molar-refractivity contribution is 5.73. The van der Waals surface area contributed by atoms with Crippen molar-refractivity contribution in [3.63, 3.8) is 0 Å². The van der Waals surface area contributed by atoms with E-state index in [4.69, 9.17) is 0 Å². The number of rotatable bonds is 6. The highest BCUT2D eigenvalue weighted by Gasteiger charge is 2.37. The minimum Gasteiger partial charge on any atom is -0.467 e. The number of carbonyl (C=O) groups excluding carboxylic acids is 2. The predicted octanol–water partition coefficient (Wildman–Crippen LogP) is 1.76. The second-order valence-corrected chi connectivity index (χ2v) is 5.34. The maximum atomic E-state index is 13.0. The molecule has 0 saturated heterocycles. The minimum atomic E-state index is -4.92. The van der Waals surface area contributed by atoms with Crippen molar-refractivity contribution in [3.05, 3.63) is 27.7 Å². The van der Waals surface area contributed by atoms with E-state index in [2.05, 4.69) is 9.84 Å². The SMILES string of the molecule is COC(=O)C(CC(C)C)n1nc(CC=O)cc(C(F)(F)F)c1=O. The van der Waals surface area contributed by atoms with Crippen LogP contribution in [0.2, 0.25) is 0 Å². The summed E-state index contributed by atoms with van der Waals surface area (Å²) in [7, 11) is 1.07. The average molecular weight is 334 g/mol. The van der Waals surface area contributed by atoms with Gasteiger partial charge in [0.15, 0.2) is 6.04 Å². The number of hydrogen-bond acceptors (Lipinski definition) is 5. The largest absolute Gasteiger partial charge is 0.467 e. The quantitative estimate of drug-likeness (QED) is 0.585. The molecule has 0 amide bonds. The van der Waals surface area contributed by atoms with E-state index in [1.165, 1.54) is 0 Å². The van der Waals surface area contributed by atoms with Gasteiger partial charge in [0, 0.05) is 6.42 Å². The number of ether oxygens (including phenoxy) is 1. The van der Waals surface area contributed by atoms with Crippen LogP contribution in [0, 0.1) is 5.92 Å². The molecule has 1 atom stereocenters. The third kappa shape index (κ3) is 4.64. The molecule has 128 valence electrons. The van der Waals surface area contributed by atoms with Gasteiger partial charge in [0.2, 0.25) is 0 Å². The molecule has 6 nitrogen and oxygen atoms in total. The lowest BCUT2D eigenvalue weighted by atomic mass is 10.0. The number of aromatic nitrogens is 2. The molecule has 1 aromatic heterocycles. The molecule has 9 heteroatoms. The molecule has 0 radical (unpaired) electrons. The van der Waals surface area contributed by atoms with Crippen LogP contribution in [0.4, 0.5) is 13.2 Å². The van der Waals surface area contributed by atoms with Crippen LogP contribution < -0.4 is 5.56 Å². The first-order chi connectivity index (χ1) is 10.6. The lowest BCUT2D eigenvalue weighted by Crippen LogP contribution is -2.38. The Morgan fingerprint density at radius 1 is 1.43 bits per heavy atom. The molecule has 1 unspecified atom stereocenters. The van der Waals surface area contributed by atoms with Crippen molar-refractivity contribution >= 4 is 12.3 Å². The zero-order valence-electron chi connectivity index (χ0n) is 12.9. The topological polar surface area (TPSA) is 78.3 Å². The summed E-state index contributed by atoms with van der Waals surface area (Å²) in [5.41, 5.74) is -3.16. The zero-order chi connectivity index (χ0) is 17.8. The second kappa shape index (κ2) is 7.38. The van der Waals surface area contributed by atoms with Crippen LogP contribution in [0.1, 0.15) is 37.6 Å². The summed E-state index contributed by atoms with van der Waals surface area (Å²) in [5, 5.41) is 3.73. The summed E-state index contributed by atoms with van der Waals surface area (Å²) < 4.78 is 44.1. The Morgan fingerprint density at radius 2 is 2.04 bits per heavy atom. The van der Waals surface area contributed by atoms with E-state index in [1.807, 2.05) is 0 Å². The van der Waals surface area contributed by atoms with Gasteiger partial charge in [-0.1, -0.05) is 13.8 Å². The Labute approximate surface area is 130 Å². The van der Waals surface area contributed by atoms with Crippen molar-refractivity contribution < 1.29 is 27.5 Å². The molecule has 0 N–H and O–H groups in total. The number of esters is 1. The van der Waals surface area contributed by atoms with Gasteiger partial charge < -0.3 is 9.53 Å². The molecule has 0 aromatic carbocycles. The van der Waals surface area contributed by atoms with Crippen LogP contribution in [-0.4, -0.2) is 29.1 Å². The van der Waals surface area contributed by atoms with E-state index in [0.29, 0.717) is 17.0 Å². The molecular formula is C14H17F3N2O4. The van der Waals surface area contributed by atoms with Crippen LogP contribution in [0.25, 0.3) is 0 Å². The van der Waals surface area contributed by atoms with Gasteiger partial charge in [-0.05, 0) is 18.4 Å². The Bertz CT molecular complexity index is 638. The van der Waals surface area contributed by atoms with Gasteiger partial charge in [0.25, 0.3) is 5.56 Å². The Balaban J connectivity index is 3.58. The molecule has 1 heterocycles. The normalized spacial score (nSPS) is 13.0. The molecule has 0 fully saturated rings. The monoisotopic (exact) mass is 334 g/mol. The van der Waals surface area contributed by atoms with Crippen molar-refractivity contribution in [2.75, 3.05) is 7.11 Å². The van der Waals surface area contributed by atoms with Gasteiger partial charge in [-0.2, -0.15) is 18.3 Å². The summed E-state index contributed by atoms with van der Waals surface area (Å²) >= 11 is 0. The highest BCUT2D eigenvalue weighted by atomic mass is 19.4. The van der Waals surface area contributed by atoms with E-state index < -0.39 is 35.7 Å². The fourth-order valence-corrected chi connectivity index (χ4v) is 2.04. The van der Waals surface area contributed by atoms with E-state index in [-0.39, 0.29) is 18.0 Å². The van der Waals surface area contributed by atoms with Crippen molar-refractivity contribution in [2.24, 2.45) is 5.92 Å². The fourth-order valence-electron chi connectivity index (χ4n) is 2.04. The third-order valence-corrected chi connectivity index (χ3v) is 3.05. The number of nitrogens with zero attached hydrogens (tertiary/aromatic N) is 2. The maximum Gasteiger partial charge on any atom is 0.421 e. The summed E-state index contributed by atoms with van der Waals surface area (Å²) in [6.45, 7) is 3.47. The van der Waals surface area contributed by atoms with Crippen molar-refractivity contribution in [2.45, 2.75) is 38.9 Å². The molecule has 0 spiro atoms. The number of halogens is 3. The predicted molar refractivity (Wildman–Crippen MR) is 73.8 cm³/mol. The molecule has 0 aliphatic heterocycles. The minimum absolute atomic E-state index is 0.0709. The van der Waals surface area contributed by atoms with E-state index in [9.17, 15) is 27.6 Å². The fraction of sp³-hybridized carbons (Fsp3) is 0.571. The van der Waals surface area contributed by atoms with Crippen molar-refractivity contribution in [3.8, 4) is 0 Å². The van der Waals surface area contributed by atoms with Gasteiger partial charge >= 0.3 is 12.1 Å². The van der Waals surface area contributed by atoms with Crippen molar-refractivity contribution in [1.82, 2.24) is 9.78 Å². The van der Waals surface area contributed by atoms with E-state index in [0.717, 1.165) is 7.11 Å². The first kappa shape index (κ1) is 18.9. The van der Waals surface area contributed by atoms with Gasteiger partial charge in [-0.3, -0.25) is 4.79 Å². The maximum absolute atomic E-state index is 13.0. The standard InChI is InChI=1S/C14H17F3N2O4/c1-8(2)6-11(13(22)23-3)19-12(21)10(14(15,16)17)7-9(18-19)4-5-20/h5,7-8,11H,4,6H2,1-3H3. The molecule has 0 saturated carbocycles. The Morgan fingerprint density at radius 3 is 2.48 bits per heavy atom. The lowest BCUT2D eigenvalue weighted by molar-refractivity contribution is -0.147. The molecular weight excluding hydrogens is 317 g/mol. The number of aldehydes is 1. The Kier molecular flexibility index (Phi) is 6.05. The molecule has 1 aromatic rings. The molecule has 0 bridgehead atoms. The highest BCUT2D eigenvalue weighted by Crippen LogP contribution is 2.27. The van der Waals surface area contributed by atoms with Gasteiger partial charge in [-0.15, -0.1) is 0 Å². The van der Waals surface area contributed by atoms with Gasteiger partial charge in [0.1, 0.15) is 11.8 Å². The first-order valence-corrected chi connectivity index (χ1v) is 6.83. The van der Waals surface area contributed by atoms with Gasteiger partial charge in [0.05, 0.1) is 12.8 Å². The number of hydrogen-bond donors (Lipinski definition) is 0. The number of carbonyl (C=O) groups is 2. The van der Waals surface area contributed by atoms with Crippen LogP contribution >= 0.6 is 0 Å². The van der Waals surface area contributed by atoms with E-state index in [1.54, 1.807) is 13.8 Å². The smallest absolute Gasteiger partial charge is 0.421 e. The van der Waals surface area contributed by atoms with E-state index >= 15 is 0 Å². The second-order valence-electron chi connectivity index (χ2n) is 5.34.